The molecule has 3 rings (SSSR count). The van der Waals surface area contributed by atoms with E-state index in [0.717, 1.165) is 9.99 Å². The zero-order valence-electron chi connectivity index (χ0n) is 11.8. The topological polar surface area (TPSA) is 90.3 Å². The van der Waals surface area contributed by atoms with Crippen LogP contribution in [0.1, 0.15) is 0 Å². The number of azo groups is 1. The van der Waals surface area contributed by atoms with Gasteiger partial charge in [0.25, 0.3) is 5.91 Å². The highest BCUT2D eigenvalue weighted by molar-refractivity contribution is 9.10. The number of hydrogen-bond donors (Lipinski definition) is 2. The molecule has 116 valence electrons. The number of ether oxygens (including phenoxy) is 1. The molecule has 2 aromatic rings. The Morgan fingerprint density at radius 2 is 2.18 bits per heavy atom. The third-order valence-corrected chi connectivity index (χ3v) is 3.93. The molecule has 0 spiro atoms. The molecule has 1 fully saturated rings. The Hall–Kier alpha value is -1.77. The van der Waals surface area contributed by atoms with Crippen LogP contribution in [0.15, 0.2) is 32.9 Å². The number of carbonyl (C=O) groups excluding carboxylic acids is 1. The quantitative estimate of drug-likeness (QED) is 0.816. The van der Waals surface area contributed by atoms with Crippen molar-refractivity contribution in [3.8, 4) is 5.88 Å². The van der Waals surface area contributed by atoms with E-state index in [1.165, 1.54) is 0 Å². The standard InChI is InChI=1S/C14H15BrN4O3/c15-9-1-2-11-10(7-9)13(14(21)16-11)18-17-12(20)8-19-3-5-22-6-4-19/h1-2,7,16,21H,3-6,8H2. The molecule has 0 saturated carbocycles. The van der Waals surface area contributed by atoms with Gasteiger partial charge in [-0.25, -0.2) is 0 Å². The van der Waals surface area contributed by atoms with Crippen LogP contribution < -0.4 is 0 Å². The summed E-state index contributed by atoms with van der Waals surface area (Å²) in [6.07, 6.45) is 0. The van der Waals surface area contributed by atoms with Gasteiger partial charge in [-0.1, -0.05) is 15.9 Å². The number of hydrogen-bond acceptors (Lipinski definition) is 5. The summed E-state index contributed by atoms with van der Waals surface area (Å²) < 4.78 is 6.08. The number of rotatable bonds is 3. The van der Waals surface area contributed by atoms with Crippen molar-refractivity contribution in [2.24, 2.45) is 10.2 Å². The van der Waals surface area contributed by atoms with Gasteiger partial charge in [0.15, 0.2) is 5.69 Å². The average Bonchev–Trinajstić information content (AvgIpc) is 2.81. The summed E-state index contributed by atoms with van der Waals surface area (Å²) in [4.78, 5) is 16.6. The van der Waals surface area contributed by atoms with E-state index in [2.05, 4.69) is 31.1 Å². The summed E-state index contributed by atoms with van der Waals surface area (Å²) >= 11 is 3.37. The molecule has 0 unspecified atom stereocenters. The molecule has 0 aliphatic carbocycles. The second-order valence-corrected chi connectivity index (χ2v) is 5.91. The van der Waals surface area contributed by atoms with Crippen LogP contribution in [0.3, 0.4) is 0 Å². The summed E-state index contributed by atoms with van der Waals surface area (Å²) in [6, 6.07) is 5.48. The molecule has 7 nitrogen and oxygen atoms in total. The van der Waals surface area contributed by atoms with E-state index in [0.29, 0.717) is 31.7 Å². The number of fused-ring (bicyclic) bond motifs is 1. The molecule has 22 heavy (non-hydrogen) atoms. The zero-order chi connectivity index (χ0) is 15.5. The normalized spacial score (nSPS) is 16.6. The van der Waals surface area contributed by atoms with Crippen LogP contribution in [0.25, 0.3) is 10.9 Å². The fourth-order valence-corrected chi connectivity index (χ4v) is 2.69. The Morgan fingerprint density at radius 3 is 2.95 bits per heavy atom. The van der Waals surface area contributed by atoms with Crippen LogP contribution in [0.5, 0.6) is 5.88 Å². The first-order valence-electron chi connectivity index (χ1n) is 6.88. The lowest BCUT2D eigenvalue weighted by molar-refractivity contribution is -0.120. The summed E-state index contributed by atoms with van der Waals surface area (Å²) in [6.45, 7) is 2.89. The zero-order valence-corrected chi connectivity index (χ0v) is 13.3. The minimum absolute atomic E-state index is 0.101. The number of amides is 1. The Labute approximate surface area is 135 Å². The van der Waals surface area contributed by atoms with Gasteiger partial charge in [-0.15, -0.1) is 10.2 Å². The van der Waals surface area contributed by atoms with E-state index in [1.807, 2.05) is 23.1 Å². The SMILES string of the molecule is O=C(CN1CCOCC1)N=Nc1c(O)[nH]c2ccc(Br)cc12. The average molecular weight is 367 g/mol. The van der Waals surface area contributed by atoms with Crippen molar-refractivity contribution >= 4 is 38.4 Å². The maximum absolute atomic E-state index is 11.9. The first kappa shape index (κ1) is 15.1. The number of nitrogens with zero attached hydrogens (tertiary/aromatic N) is 3. The van der Waals surface area contributed by atoms with Crippen LogP contribution in [-0.2, 0) is 9.53 Å². The number of carbonyl (C=O) groups is 1. The first-order chi connectivity index (χ1) is 10.6. The number of H-pyrrole nitrogens is 1. The molecule has 1 aliphatic rings. The molecule has 1 aromatic carbocycles. The second-order valence-electron chi connectivity index (χ2n) is 4.99. The first-order valence-corrected chi connectivity index (χ1v) is 7.67. The second kappa shape index (κ2) is 6.55. The lowest BCUT2D eigenvalue weighted by Crippen LogP contribution is -2.39. The van der Waals surface area contributed by atoms with Crippen LogP contribution in [0.2, 0.25) is 0 Å². The smallest absolute Gasteiger partial charge is 0.278 e. The highest BCUT2D eigenvalue weighted by Gasteiger charge is 2.15. The maximum atomic E-state index is 11.9. The molecule has 1 saturated heterocycles. The predicted octanol–water partition coefficient (Wildman–Crippen LogP) is 2.58. The summed E-state index contributed by atoms with van der Waals surface area (Å²) in [5.74, 6) is -0.443. The number of nitrogens with one attached hydrogen (secondary N) is 1. The Morgan fingerprint density at radius 1 is 1.41 bits per heavy atom. The van der Waals surface area contributed by atoms with Gasteiger partial charge in [0.05, 0.1) is 25.3 Å². The van der Waals surface area contributed by atoms with Crippen molar-refractivity contribution in [2.45, 2.75) is 0 Å². The van der Waals surface area contributed by atoms with Crippen molar-refractivity contribution in [3.63, 3.8) is 0 Å². The van der Waals surface area contributed by atoms with Gasteiger partial charge in [0.2, 0.25) is 5.88 Å². The fourth-order valence-electron chi connectivity index (χ4n) is 2.32. The van der Waals surface area contributed by atoms with Gasteiger partial charge < -0.3 is 14.8 Å². The van der Waals surface area contributed by atoms with Crippen molar-refractivity contribution in [2.75, 3.05) is 32.8 Å². The minimum Gasteiger partial charge on any atom is -0.493 e. The third kappa shape index (κ3) is 3.34. The van der Waals surface area contributed by atoms with Crippen molar-refractivity contribution in [3.05, 3.63) is 22.7 Å². The molecule has 2 heterocycles. The number of benzene rings is 1. The fraction of sp³-hybridized carbons (Fsp3) is 0.357. The van der Waals surface area contributed by atoms with E-state index < -0.39 is 0 Å². The van der Waals surface area contributed by atoms with Gasteiger partial charge in [0, 0.05) is 22.9 Å². The van der Waals surface area contributed by atoms with Crippen molar-refractivity contribution in [1.29, 1.82) is 0 Å². The molecule has 0 bridgehead atoms. The highest BCUT2D eigenvalue weighted by Crippen LogP contribution is 2.36. The lowest BCUT2D eigenvalue weighted by Gasteiger charge is -2.24. The molecular weight excluding hydrogens is 352 g/mol. The monoisotopic (exact) mass is 366 g/mol. The number of aromatic amines is 1. The van der Waals surface area contributed by atoms with Gasteiger partial charge in [0.1, 0.15) is 0 Å². The number of aromatic nitrogens is 1. The van der Waals surface area contributed by atoms with E-state index in [1.54, 1.807) is 0 Å². The largest absolute Gasteiger partial charge is 0.493 e. The van der Waals surface area contributed by atoms with Crippen LogP contribution in [-0.4, -0.2) is 53.7 Å². The molecule has 1 aliphatic heterocycles. The predicted molar refractivity (Wildman–Crippen MR) is 84.4 cm³/mol. The van der Waals surface area contributed by atoms with E-state index in [9.17, 15) is 9.90 Å². The van der Waals surface area contributed by atoms with Gasteiger partial charge in [-0.05, 0) is 18.2 Å². The maximum Gasteiger partial charge on any atom is 0.278 e. The molecule has 0 radical (unpaired) electrons. The number of morpholine rings is 1. The molecule has 1 aromatic heterocycles. The van der Waals surface area contributed by atoms with Crippen molar-refractivity contribution < 1.29 is 14.6 Å². The summed E-state index contributed by atoms with van der Waals surface area (Å²) in [5, 5.41) is 18.2. The molecule has 8 heteroatoms. The molecule has 2 N–H and O–H groups in total. The highest BCUT2D eigenvalue weighted by atomic mass is 79.9. The number of halogens is 1. The lowest BCUT2D eigenvalue weighted by atomic mass is 10.2. The Bertz CT molecular complexity index is 722. The van der Waals surface area contributed by atoms with Crippen LogP contribution >= 0.6 is 15.9 Å². The van der Waals surface area contributed by atoms with Crippen LogP contribution in [0, 0.1) is 0 Å². The van der Waals surface area contributed by atoms with Gasteiger partial charge in [-0.3, -0.25) is 9.69 Å². The molecular formula is C14H15BrN4O3. The van der Waals surface area contributed by atoms with E-state index in [4.69, 9.17) is 4.74 Å². The minimum atomic E-state index is -0.342. The van der Waals surface area contributed by atoms with Crippen LogP contribution in [0.4, 0.5) is 5.69 Å². The third-order valence-electron chi connectivity index (χ3n) is 3.44. The molecule has 0 atom stereocenters. The molecule has 1 amide bonds. The van der Waals surface area contributed by atoms with Crippen molar-refractivity contribution in [1.82, 2.24) is 9.88 Å². The van der Waals surface area contributed by atoms with E-state index in [-0.39, 0.29) is 24.0 Å². The summed E-state index contributed by atoms with van der Waals surface area (Å²) in [7, 11) is 0. The summed E-state index contributed by atoms with van der Waals surface area (Å²) in [5.41, 5.74) is 1.00. The van der Waals surface area contributed by atoms with Gasteiger partial charge in [-0.2, -0.15) is 0 Å². The van der Waals surface area contributed by atoms with Gasteiger partial charge >= 0.3 is 0 Å². The van der Waals surface area contributed by atoms with E-state index >= 15 is 0 Å². The Kier molecular flexibility index (Phi) is 4.51. The number of aromatic hydroxyl groups is 1. The Balaban J connectivity index is 1.75.